The molecule has 1 aliphatic rings. The SMILES string of the molecule is COC(=O)CCCNC(C)C1CCCO1. The fraction of sp³-hybridized carbons (Fsp3) is 0.909. The molecule has 1 rings (SSSR count). The zero-order valence-electron chi connectivity index (χ0n) is 9.62. The summed E-state index contributed by atoms with van der Waals surface area (Å²) in [6.45, 7) is 3.86. The van der Waals surface area contributed by atoms with Crippen molar-refractivity contribution in [1.82, 2.24) is 5.32 Å². The number of carbonyl (C=O) groups is 1. The van der Waals surface area contributed by atoms with Crippen LogP contribution in [-0.4, -0.2) is 38.4 Å². The molecule has 1 fully saturated rings. The lowest BCUT2D eigenvalue weighted by Gasteiger charge is -2.19. The van der Waals surface area contributed by atoms with Gasteiger partial charge in [-0.1, -0.05) is 0 Å². The first kappa shape index (κ1) is 12.5. The van der Waals surface area contributed by atoms with Crippen molar-refractivity contribution in [3.8, 4) is 0 Å². The second-order valence-electron chi connectivity index (χ2n) is 3.97. The van der Waals surface area contributed by atoms with Crippen molar-refractivity contribution < 1.29 is 14.3 Å². The van der Waals surface area contributed by atoms with E-state index < -0.39 is 0 Å². The molecule has 4 heteroatoms. The van der Waals surface area contributed by atoms with E-state index in [1.807, 2.05) is 0 Å². The molecule has 2 atom stereocenters. The van der Waals surface area contributed by atoms with Gasteiger partial charge in [-0.15, -0.1) is 0 Å². The van der Waals surface area contributed by atoms with E-state index in [2.05, 4.69) is 17.0 Å². The Balaban J connectivity index is 2.01. The molecule has 15 heavy (non-hydrogen) atoms. The zero-order chi connectivity index (χ0) is 11.1. The van der Waals surface area contributed by atoms with Crippen LogP contribution in [0, 0.1) is 0 Å². The molecule has 4 nitrogen and oxygen atoms in total. The molecule has 1 heterocycles. The van der Waals surface area contributed by atoms with E-state index in [9.17, 15) is 4.79 Å². The van der Waals surface area contributed by atoms with Gasteiger partial charge in [0.2, 0.25) is 0 Å². The maximum atomic E-state index is 10.8. The summed E-state index contributed by atoms with van der Waals surface area (Å²) in [6, 6.07) is 0.380. The predicted molar refractivity (Wildman–Crippen MR) is 57.7 cm³/mol. The van der Waals surface area contributed by atoms with Crippen LogP contribution >= 0.6 is 0 Å². The van der Waals surface area contributed by atoms with Crippen molar-refractivity contribution in [2.75, 3.05) is 20.3 Å². The van der Waals surface area contributed by atoms with Crippen molar-refractivity contribution in [2.24, 2.45) is 0 Å². The Morgan fingerprint density at radius 1 is 1.67 bits per heavy atom. The fourth-order valence-electron chi connectivity index (χ4n) is 1.79. The standard InChI is InChI=1S/C11H21NO3/c1-9(10-5-4-8-15-10)12-7-3-6-11(13)14-2/h9-10,12H,3-8H2,1-2H3. The molecule has 1 saturated heterocycles. The van der Waals surface area contributed by atoms with Crippen LogP contribution in [0.5, 0.6) is 0 Å². The Hall–Kier alpha value is -0.610. The quantitative estimate of drug-likeness (QED) is 0.532. The van der Waals surface area contributed by atoms with Crippen LogP contribution in [-0.2, 0) is 14.3 Å². The Morgan fingerprint density at radius 3 is 3.07 bits per heavy atom. The minimum absolute atomic E-state index is 0.137. The Labute approximate surface area is 91.3 Å². The second kappa shape index (κ2) is 6.80. The third-order valence-corrected chi connectivity index (χ3v) is 2.77. The molecule has 1 aliphatic heterocycles. The molecule has 0 bridgehead atoms. The summed E-state index contributed by atoms with van der Waals surface area (Å²) in [7, 11) is 1.42. The zero-order valence-corrected chi connectivity index (χ0v) is 9.62. The molecule has 0 saturated carbocycles. The molecule has 0 radical (unpaired) electrons. The number of carbonyl (C=O) groups excluding carboxylic acids is 1. The minimum Gasteiger partial charge on any atom is -0.469 e. The third-order valence-electron chi connectivity index (χ3n) is 2.77. The van der Waals surface area contributed by atoms with Crippen LogP contribution in [0.3, 0.4) is 0 Å². The van der Waals surface area contributed by atoms with Crippen molar-refractivity contribution in [1.29, 1.82) is 0 Å². The van der Waals surface area contributed by atoms with E-state index in [1.165, 1.54) is 13.5 Å². The van der Waals surface area contributed by atoms with Crippen LogP contribution in [0.4, 0.5) is 0 Å². The first-order valence-electron chi connectivity index (χ1n) is 5.66. The Bertz CT molecular complexity index is 190. The number of esters is 1. The van der Waals surface area contributed by atoms with E-state index in [0.29, 0.717) is 18.6 Å². The van der Waals surface area contributed by atoms with E-state index in [1.54, 1.807) is 0 Å². The Morgan fingerprint density at radius 2 is 2.47 bits per heavy atom. The smallest absolute Gasteiger partial charge is 0.305 e. The van der Waals surface area contributed by atoms with E-state index in [-0.39, 0.29) is 5.97 Å². The molecule has 0 aliphatic carbocycles. The predicted octanol–water partition coefficient (Wildman–Crippen LogP) is 1.10. The average Bonchev–Trinajstić information content (AvgIpc) is 2.77. The van der Waals surface area contributed by atoms with Crippen LogP contribution in [0.15, 0.2) is 0 Å². The number of methoxy groups -OCH3 is 1. The van der Waals surface area contributed by atoms with Gasteiger partial charge in [0.15, 0.2) is 0 Å². The largest absolute Gasteiger partial charge is 0.469 e. The Kier molecular flexibility index (Phi) is 5.65. The highest BCUT2D eigenvalue weighted by molar-refractivity contribution is 5.69. The van der Waals surface area contributed by atoms with E-state index >= 15 is 0 Å². The molecule has 0 amide bonds. The molecular weight excluding hydrogens is 194 g/mol. The third kappa shape index (κ3) is 4.62. The monoisotopic (exact) mass is 215 g/mol. The van der Waals surface area contributed by atoms with Gasteiger partial charge in [-0.2, -0.15) is 0 Å². The van der Waals surface area contributed by atoms with E-state index in [4.69, 9.17) is 4.74 Å². The van der Waals surface area contributed by atoms with Gasteiger partial charge >= 0.3 is 5.97 Å². The van der Waals surface area contributed by atoms with Gasteiger partial charge in [0.25, 0.3) is 0 Å². The maximum absolute atomic E-state index is 10.8. The van der Waals surface area contributed by atoms with Gasteiger partial charge in [0.1, 0.15) is 0 Å². The minimum atomic E-state index is -0.137. The highest BCUT2D eigenvalue weighted by Gasteiger charge is 2.21. The fourth-order valence-corrected chi connectivity index (χ4v) is 1.79. The average molecular weight is 215 g/mol. The summed E-state index contributed by atoms with van der Waals surface area (Å²) in [5.41, 5.74) is 0. The highest BCUT2D eigenvalue weighted by atomic mass is 16.5. The molecule has 0 spiro atoms. The van der Waals surface area contributed by atoms with Gasteiger partial charge in [0.05, 0.1) is 13.2 Å². The number of hydrogen-bond donors (Lipinski definition) is 1. The lowest BCUT2D eigenvalue weighted by molar-refractivity contribution is -0.140. The van der Waals surface area contributed by atoms with Gasteiger partial charge in [-0.3, -0.25) is 4.79 Å². The topological polar surface area (TPSA) is 47.6 Å². The maximum Gasteiger partial charge on any atom is 0.305 e. The molecular formula is C11H21NO3. The summed E-state index contributed by atoms with van der Waals surface area (Å²) in [5.74, 6) is -0.137. The molecule has 0 aromatic carbocycles. The lowest BCUT2D eigenvalue weighted by Crippen LogP contribution is -2.37. The van der Waals surface area contributed by atoms with Crippen LogP contribution in [0.25, 0.3) is 0 Å². The van der Waals surface area contributed by atoms with Gasteiger partial charge in [0, 0.05) is 19.1 Å². The highest BCUT2D eigenvalue weighted by Crippen LogP contribution is 2.15. The normalized spacial score (nSPS) is 22.7. The van der Waals surface area contributed by atoms with Crippen molar-refractivity contribution >= 4 is 5.97 Å². The summed E-state index contributed by atoms with van der Waals surface area (Å²) < 4.78 is 10.1. The summed E-state index contributed by atoms with van der Waals surface area (Å²) in [5, 5.41) is 3.37. The number of nitrogens with one attached hydrogen (secondary N) is 1. The number of ether oxygens (including phenoxy) is 2. The van der Waals surface area contributed by atoms with Crippen LogP contribution in [0.2, 0.25) is 0 Å². The first-order valence-corrected chi connectivity index (χ1v) is 5.66. The van der Waals surface area contributed by atoms with E-state index in [0.717, 1.165) is 26.0 Å². The number of rotatable bonds is 6. The van der Waals surface area contributed by atoms with Crippen molar-refractivity contribution in [2.45, 2.75) is 44.8 Å². The summed E-state index contributed by atoms with van der Waals surface area (Å²) in [4.78, 5) is 10.8. The van der Waals surface area contributed by atoms with Crippen LogP contribution < -0.4 is 5.32 Å². The number of hydrogen-bond acceptors (Lipinski definition) is 4. The lowest BCUT2D eigenvalue weighted by atomic mass is 10.1. The first-order chi connectivity index (χ1) is 7.24. The molecule has 1 N–H and O–H groups in total. The second-order valence-corrected chi connectivity index (χ2v) is 3.97. The molecule has 2 unspecified atom stereocenters. The van der Waals surface area contributed by atoms with Gasteiger partial charge in [-0.05, 0) is 32.7 Å². The summed E-state index contributed by atoms with van der Waals surface area (Å²) >= 11 is 0. The van der Waals surface area contributed by atoms with Gasteiger partial charge in [-0.25, -0.2) is 0 Å². The molecule has 0 aromatic heterocycles. The van der Waals surface area contributed by atoms with Crippen molar-refractivity contribution in [3.05, 3.63) is 0 Å². The molecule has 0 aromatic rings. The molecule has 88 valence electrons. The van der Waals surface area contributed by atoms with Crippen molar-refractivity contribution in [3.63, 3.8) is 0 Å². The van der Waals surface area contributed by atoms with Gasteiger partial charge < -0.3 is 14.8 Å². The van der Waals surface area contributed by atoms with Crippen LogP contribution in [0.1, 0.15) is 32.6 Å². The summed E-state index contributed by atoms with van der Waals surface area (Å²) in [6.07, 6.45) is 3.97.